The minimum absolute atomic E-state index is 0.0526. The van der Waals surface area contributed by atoms with Gasteiger partial charge in [0.15, 0.2) is 5.65 Å². The van der Waals surface area contributed by atoms with Crippen molar-refractivity contribution < 1.29 is 0 Å². The zero-order valence-electron chi connectivity index (χ0n) is 11.5. The molecule has 2 bridgehead atoms. The van der Waals surface area contributed by atoms with Crippen molar-refractivity contribution in [1.82, 2.24) is 14.5 Å². The smallest absolute Gasteiger partial charge is 0.160 e. The molecule has 2 aromatic heterocycles. The second-order valence-electron chi connectivity index (χ2n) is 6.78. The van der Waals surface area contributed by atoms with Crippen LogP contribution in [0.1, 0.15) is 43.4 Å². The third-order valence-electron chi connectivity index (χ3n) is 5.82. The van der Waals surface area contributed by atoms with E-state index in [0.29, 0.717) is 6.04 Å². The maximum absolute atomic E-state index is 6.39. The highest BCUT2D eigenvalue weighted by Gasteiger charge is 2.66. The van der Waals surface area contributed by atoms with Crippen LogP contribution in [0.15, 0.2) is 18.3 Å². The van der Waals surface area contributed by atoms with E-state index in [0.717, 1.165) is 40.7 Å². The van der Waals surface area contributed by atoms with Gasteiger partial charge >= 0.3 is 0 Å². The zero-order valence-corrected chi connectivity index (χ0v) is 12.3. The fourth-order valence-electron chi connectivity index (χ4n) is 5.15. The highest BCUT2D eigenvalue weighted by molar-refractivity contribution is 6.20. The molecule has 0 aliphatic heterocycles. The Kier molecular flexibility index (Phi) is 2.17. The highest BCUT2D eigenvalue weighted by atomic mass is 35.5. The van der Waals surface area contributed by atoms with Crippen LogP contribution in [0.2, 0.25) is 0 Å². The molecule has 4 heteroatoms. The molecule has 5 atom stereocenters. The Bertz CT molecular complexity index is 676. The quantitative estimate of drug-likeness (QED) is 0.783. The van der Waals surface area contributed by atoms with Crippen molar-refractivity contribution in [3.05, 3.63) is 24.2 Å². The number of rotatable bonds is 2. The summed E-state index contributed by atoms with van der Waals surface area (Å²) in [6, 6.07) is 4.63. The number of hydrogen-bond donors (Lipinski definition) is 0. The molecule has 2 aromatic rings. The lowest BCUT2D eigenvalue weighted by molar-refractivity contribution is 0.450. The second-order valence-corrected chi connectivity index (χ2v) is 7.44. The van der Waals surface area contributed by atoms with Crippen molar-refractivity contribution in [3.63, 3.8) is 0 Å². The van der Waals surface area contributed by atoms with Crippen LogP contribution in [-0.2, 0) is 0 Å². The molecular formula is C16H18ClN3. The Balaban J connectivity index is 1.67. The molecule has 0 radical (unpaired) electrons. The Labute approximate surface area is 123 Å². The number of imidazole rings is 1. The van der Waals surface area contributed by atoms with Crippen molar-refractivity contribution in [2.75, 3.05) is 0 Å². The number of aromatic nitrogens is 3. The van der Waals surface area contributed by atoms with Gasteiger partial charge in [-0.05, 0) is 62.0 Å². The second kappa shape index (κ2) is 3.76. The molecule has 0 N–H and O–H groups in total. The van der Waals surface area contributed by atoms with Crippen LogP contribution in [0.5, 0.6) is 0 Å². The Morgan fingerprint density at radius 1 is 1.30 bits per heavy atom. The molecule has 5 unspecified atom stereocenters. The molecule has 3 fully saturated rings. The highest BCUT2D eigenvalue weighted by Crippen LogP contribution is 2.72. The number of alkyl halides is 1. The van der Waals surface area contributed by atoms with Gasteiger partial charge in [-0.25, -0.2) is 9.97 Å². The van der Waals surface area contributed by atoms with Gasteiger partial charge in [0.05, 0.1) is 5.38 Å². The summed E-state index contributed by atoms with van der Waals surface area (Å²) in [6.07, 6.45) is 6.22. The zero-order chi connectivity index (χ0) is 13.4. The first-order valence-electron chi connectivity index (χ1n) is 7.72. The lowest BCUT2D eigenvalue weighted by atomic mass is 10.0. The number of pyridine rings is 1. The molecule has 104 valence electrons. The summed E-state index contributed by atoms with van der Waals surface area (Å²) in [5.41, 5.74) is 2.03. The fraction of sp³-hybridized carbons (Fsp3) is 0.625. The number of nitrogens with zero attached hydrogens (tertiary/aromatic N) is 3. The topological polar surface area (TPSA) is 30.7 Å². The Morgan fingerprint density at radius 3 is 2.75 bits per heavy atom. The van der Waals surface area contributed by atoms with Crippen LogP contribution in [0.4, 0.5) is 0 Å². The van der Waals surface area contributed by atoms with Gasteiger partial charge in [-0.15, -0.1) is 11.6 Å². The third kappa shape index (κ3) is 1.32. The van der Waals surface area contributed by atoms with E-state index in [1.807, 2.05) is 25.3 Å². The molecule has 5 rings (SSSR count). The normalized spacial score (nSPS) is 39.2. The van der Waals surface area contributed by atoms with Gasteiger partial charge in [-0.1, -0.05) is 0 Å². The van der Waals surface area contributed by atoms with Gasteiger partial charge in [0.2, 0.25) is 0 Å². The molecule has 3 saturated carbocycles. The summed E-state index contributed by atoms with van der Waals surface area (Å²) < 4.78 is 2.38. The lowest BCUT2D eigenvalue weighted by Crippen LogP contribution is -2.09. The van der Waals surface area contributed by atoms with E-state index in [-0.39, 0.29) is 5.38 Å². The molecule has 2 heterocycles. The van der Waals surface area contributed by atoms with E-state index < -0.39 is 0 Å². The number of hydrogen-bond acceptors (Lipinski definition) is 2. The predicted molar refractivity (Wildman–Crippen MR) is 78.6 cm³/mol. The first kappa shape index (κ1) is 11.6. The Morgan fingerprint density at radius 2 is 2.05 bits per heavy atom. The van der Waals surface area contributed by atoms with Crippen molar-refractivity contribution in [3.8, 4) is 0 Å². The molecule has 0 saturated heterocycles. The monoisotopic (exact) mass is 287 g/mol. The summed E-state index contributed by atoms with van der Waals surface area (Å²) in [5.74, 6) is 4.67. The van der Waals surface area contributed by atoms with Crippen LogP contribution in [-0.4, -0.2) is 14.5 Å². The molecule has 3 nitrogen and oxygen atoms in total. The van der Waals surface area contributed by atoms with Crippen LogP contribution < -0.4 is 0 Å². The van der Waals surface area contributed by atoms with Crippen molar-refractivity contribution in [2.45, 2.75) is 37.6 Å². The maximum Gasteiger partial charge on any atom is 0.160 e. The van der Waals surface area contributed by atoms with E-state index in [1.165, 1.54) is 19.3 Å². The van der Waals surface area contributed by atoms with Gasteiger partial charge in [-0.2, -0.15) is 0 Å². The van der Waals surface area contributed by atoms with E-state index in [2.05, 4.69) is 9.55 Å². The summed E-state index contributed by atoms with van der Waals surface area (Å²) in [7, 11) is 0. The van der Waals surface area contributed by atoms with Gasteiger partial charge in [0.25, 0.3) is 0 Å². The van der Waals surface area contributed by atoms with Crippen LogP contribution in [0, 0.1) is 23.7 Å². The minimum atomic E-state index is -0.0526. The van der Waals surface area contributed by atoms with Crippen molar-refractivity contribution in [2.24, 2.45) is 23.7 Å². The molecule has 0 aromatic carbocycles. The summed E-state index contributed by atoms with van der Waals surface area (Å²) in [6.45, 7) is 2.02. The van der Waals surface area contributed by atoms with Crippen LogP contribution in [0.3, 0.4) is 0 Å². The first-order valence-corrected chi connectivity index (χ1v) is 8.16. The summed E-state index contributed by atoms with van der Waals surface area (Å²) in [5, 5.41) is -0.0526. The van der Waals surface area contributed by atoms with Crippen LogP contribution in [0.25, 0.3) is 11.2 Å². The molecule has 0 amide bonds. The van der Waals surface area contributed by atoms with Gasteiger partial charge < -0.3 is 4.57 Å². The predicted octanol–water partition coefficient (Wildman–Crippen LogP) is 3.95. The fourth-order valence-corrected chi connectivity index (χ4v) is 5.30. The molecule has 3 aliphatic rings. The number of halogens is 1. The SMILES string of the molecule is CC(Cl)c1nc2cccnc2n1C1C2C3CCC(C3)C21. The average molecular weight is 288 g/mol. The van der Waals surface area contributed by atoms with Crippen molar-refractivity contribution >= 4 is 22.8 Å². The number of fused-ring (bicyclic) bond motifs is 6. The lowest BCUT2D eigenvalue weighted by Gasteiger charge is -2.14. The molecule has 3 aliphatic carbocycles. The standard InChI is InChI=1S/C16H18ClN3/c1-8(17)15-19-11-3-2-6-18-16(11)20(15)14-12-9-4-5-10(7-9)13(12)14/h2-3,6,8-10,12-14H,4-5,7H2,1H3. The average Bonchev–Trinajstić information content (AvgIpc) is 2.83. The van der Waals surface area contributed by atoms with E-state index in [9.17, 15) is 0 Å². The van der Waals surface area contributed by atoms with E-state index in [4.69, 9.17) is 16.6 Å². The summed E-state index contributed by atoms with van der Waals surface area (Å²) in [4.78, 5) is 9.32. The molecule has 0 spiro atoms. The maximum atomic E-state index is 6.39. The van der Waals surface area contributed by atoms with Gasteiger partial charge in [-0.3, -0.25) is 0 Å². The Hall–Kier alpha value is -1.09. The minimum Gasteiger partial charge on any atom is -0.308 e. The van der Waals surface area contributed by atoms with Gasteiger partial charge in [0.1, 0.15) is 11.3 Å². The first-order chi connectivity index (χ1) is 9.75. The van der Waals surface area contributed by atoms with E-state index >= 15 is 0 Å². The van der Waals surface area contributed by atoms with Crippen LogP contribution >= 0.6 is 11.6 Å². The summed E-state index contributed by atoms with van der Waals surface area (Å²) >= 11 is 6.39. The van der Waals surface area contributed by atoms with E-state index in [1.54, 1.807) is 0 Å². The molecule has 20 heavy (non-hydrogen) atoms. The molecular weight excluding hydrogens is 270 g/mol. The van der Waals surface area contributed by atoms with Crippen molar-refractivity contribution in [1.29, 1.82) is 0 Å². The van der Waals surface area contributed by atoms with Gasteiger partial charge in [0, 0.05) is 12.2 Å². The third-order valence-corrected chi connectivity index (χ3v) is 6.02. The largest absolute Gasteiger partial charge is 0.308 e.